The molecule has 0 aliphatic heterocycles. The fourth-order valence-corrected chi connectivity index (χ4v) is 3.10. The van der Waals surface area contributed by atoms with Crippen molar-refractivity contribution in [3.05, 3.63) is 51.7 Å². The Morgan fingerprint density at radius 2 is 1.92 bits per heavy atom. The molecule has 1 heterocycles. The molecular weight excluding hydrogens is 350 g/mol. The van der Waals surface area contributed by atoms with Crippen LogP contribution in [-0.4, -0.2) is 43.6 Å². The van der Waals surface area contributed by atoms with E-state index in [2.05, 4.69) is 16.7 Å². The number of carbonyl (C=O) groups is 2. The first-order valence-corrected chi connectivity index (χ1v) is 9.30. The standard InChI is InChI=1S/C19H25N3O3S/c1-14-9-15(2)11-16(10-14)25-7-6-22(3)13-18(23)21-19(24)20-12-17-5-4-8-26-17/h4-5,8-11H,6-7,12-13H2,1-3H3,(H2,20,21,23,24). The van der Waals surface area contributed by atoms with E-state index in [1.165, 1.54) is 0 Å². The van der Waals surface area contributed by atoms with E-state index in [4.69, 9.17) is 4.74 Å². The Bertz CT molecular complexity index is 711. The lowest BCUT2D eigenvalue weighted by atomic mass is 10.1. The first-order chi connectivity index (χ1) is 12.4. The highest BCUT2D eigenvalue weighted by molar-refractivity contribution is 7.09. The number of imide groups is 1. The predicted molar refractivity (Wildman–Crippen MR) is 104 cm³/mol. The lowest BCUT2D eigenvalue weighted by molar-refractivity contribution is -0.120. The fraction of sp³-hybridized carbons (Fsp3) is 0.368. The van der Waals surface area contributed by atoms with E-state index < -0.39 is 6.03 Å². The molecule has 0 aliphatic rings. The van der Waals surface area contributed by atoms with Crippen LogP contribution in [0.3, 0.4) is 0 Å². The average molecular weight is 375 g/mol. The van der Waals surface area contributed by atoms with E-state index in [1.54, 1.807) is 11.3 Å². The highest BCUT2D eigenvalue weighted by atomic mass is 32.1. The quantitative estimate of drug-likeness (QED) is 0.744. The summed E-state index contributed by atoms with van der Waals surface area (Å²) in [6, 6.07) is 9.42. The number of carbonyl (C=O) groups excluding carboxylic acids is 2. The van der Waals surface area contributed by atoms with Gasteiger partial charge in [-0.05, 0) is 55.6 Å². The summed E-state index contributed by atoms with van der Waals surface area (Å²) < 4.78 is 5.73. The van der Waals surface area contributed by atoms with Gasteiger partial charge in [-0.1, -0.05) is 12.1 Å². The van der Waals surface area contributed by atoms with Gasteiger partial charge in [0.25, 0.3) is 0 Å². The van der Waals surface area contributed by atoms with Crippen LogP contribution in [0.2, 0.25) is 0 Å². The molecule has 1 aromatic carbocycles. The molecule has 26 heavy (non-hydrogen) atoms. The predicted octanol–water partition coefficient (Wildman–Crippen LogP) is 2.70. The number of urea groups is 1. The molecule has 6 nitrogen and oxygen atoms in total. The molecule has 2 N–H and O–H groups in total. The van der Waals surface area contributed by atoms with Crippen LogP contribution in [0.15, 0.2) is 35.7 Å². The number of benzene rings is 1. The molecule has 0 spiro atoms. The third kappa shape index (κ3) is 7.25. The Morgan fingerprint density at radius 3 is 2.58 bits per heavy atom. The van der Waals surface area contributed by atoms with Gasteiger partial charge in [0, 0.05) is 11.4 Å². The highest BCUT2D eigenvalue weighted by Gasteiger charge is 2.10. The van der Waals surface area contributed by atoms with Crippen LogP contribution in [0, 0.1) is 13.8 Å². The molecule has 0 saturated carbocycles. The Morgan fingerprint density at radius 1 is 1.19 bits per heavy atom. The molecule has 0 bridgehead atoms. The average Bonchev–Trinajstić information content (AvgIpc) is 3.05. The van der Waals surface area contributed by atoms with Crippen LogP contribution in [0.25, 0.3) is 0 Å². The maximum absolute atomic E-state index is 11.9. The SMILES string of the molecule is Cc1cc(C)cc(OCCN(C)CC(=O)NC(=O)NCc2cccs2)c1. The van der Waals surface area contributed by atoms with Crippen molar-refractivity contribution in [2.75, 3.05) is 26.7 Å². The lowest BCUT2D eigenvalue weighted by Crippen LogP contribution is -2.44. The molecule has 0 atom stereocenters. The van der Waals surface area contributed by atoms with Gasteiger partial charge >= 0.3 is 6.03 Å². The van der Waals surface area contributed by atoms with Gasteiger partial charge in [-0.3, -0.25) is 15.0 Å². The summed E-state index contributed by atoms with van der Waals surface area (Å²) in [5.74, 6) is 0.482. The van der Waals surface area contributed by atoms with Gasteiger partial charge in [-0.2, -0.15) is 0 Å². The molecule has 2 rings (SSSR count). The Balaban J connectivity index is 1.64. The molecule has 7 heteroatoms. The maximum Gasteiger partial charge on any atom is 0.321 e. The zero-order valence-corrected chi connectivity index (χ0v) is 16.2. The molecule has 1 aromatic heterocycles. The van der Waals surface area contributed by atoms with E-state index >= 15 is 0 Å². The van der Waals surface area contributed by atoms with Crippen LogP contribution in [0.4, 0.5) is 4.79 Å². The molecule has 0 aliphatic carbocycles. The zero-order valence-electron chi connectivity index (χ0n) is 15.4. The second-order valence-electron chi connectivity index (χ2n) is 6.22. The van der Waals surface area contributed by atoms with E-state index in [0.29, 0.717) is 19.7 Å². The number of nitrogens with one attached hydrogen (secondary N) is 2. The minimum atomic E-state index is -0.483. The molecule has 2 aromatic rings. The molecule has 3 amide bonds. The number of hydrogen-bond acceptors (Lipinski definition) is 5. The van der Waals surface area contributed by atoms with Crippen molar-refractivity contribution in [3.8, 4) is 5.75 Å². The van der Waals surface area contributed by atoms with Gasteiger partial charge < -0.3 is 10.1 Å². The Hall–Kier alpha value is -2.38. The van der Waals surface area contributed by atoms with Gasteiger partial charge in [0.1, 0.15) is 12.4 Å². The van der Waals surface area contributed by atoms with E-state index in [1.807, 2.05) is 55.4 Å². The summed E-state index contributed by atoms with van der Waals surface area (Å²) in [7, 11) is 1.81. The minimum Gasteiger partial charge on any atom is -0.492 e. The van der Waals surface area contributed by atoms with Crippen molar-refractivity contribution >= 4 is 23.3 Å². The second kappa shape index (κ2) is 9.94. The van der Waals surface area contributed by atoms with Gasteiger partial charge in [0.05, 0.1) is 13.1 Å². The van der Waals surface area contributed by atoms with Crippen molar-refractivity contribution in [1.29, 1.82) is 0 Å². The first-order valence-electron chi connectivity index (χ1n) is 8.42. The monoisotopic (exact) mass is 375 g/mol. The Kier molecular flexibility index (Phi) is 7.62. The van der Waals surface area contributed by atoms with Gasteiger partial charge in [0.2, 0.25) is 5.91 Å². The van der Waals surface area contributed by atoms with Gasteiger partial charge in [-0.15, -0.1) is 11.3 Å². The minimum absolute atomic E-state index is 0.128. The normalized spacial score (nSPS) is 10.6. The third-order valence-electron chi connectivity index (χ3n) is 3.61. The summed E-state index contributed by atoms with van der Waals surface area (Å²) in [6.45, 7) is 5.65. The van der Waals surface area contributed by atoms with Crippen molar-refractivity contribution < 1.29 is 14.3 Å². The second-order valence-corrected chi connectivity index (χ2v) is 7.25. The van der Waals surface area contributed by atoms with E-state index in [-0.39, 0.29) is 12.5 Å². The van der Waals surface area contributed by atoms with Crippen molar-refractivity contribution in [2.45, 2.75) is 20.4 Å². The van der Waals surface area contributed by atoms with Crippen LogP contribution >= 0.6 is 11.3 Å². The molecule has 0 unspecified atom stereocenters. The summed E-state index contributed by atoms with van der Waals surface area (Å²) in [4.78, 5) is 26.5. The van der Waals surface area contributed by atoms with E-state index in [9.17, 15) is 9.59 Å². The summed E-state index contributed by atoms with van der Waals surface area (Å²) in [5, 5.41) is 6.93. The molecule has 0 fully saturated rings. The number of thiophene rings is 1. The maximum atomic E-state index is 11.9. The zero-order chi connectivity index (χ0) is 18.9. The van der Waals surface area contributed by atoms with Gasteiger partial charge in [0.15, 0.2) is 0 Å². The summed E-state index contributed by atoms with van der Waals surface area (Å²) in [5.41, 5.74) is 2.31. The number of rotatable bonds is 8. The van der Waals surface area contributed by atoms with Crippen molar-refractivity contribution in [3.63, 3.8) is 0 Å². The van der Waals surface area contributed by atoms with Crippen LogP contribution in [-0.2, 0) is 11.3 Å². The van der Waals surface area contributed by atoms with Crippen LogP contribution in [0.5, 0.6) is 5.75 Å². The van der Waals surface area contributed by atoms with Crippen LogP contribution < -0.4 is 15.4 Å². The first kappa shape index (κ1) is 19.9. The topological polar surface area (TPSA) is 70.7 Å². The number of aryl methyl sites for hydroxylation is 2. The number of hydrogen-bond donors (Lipinski definition) is 2. The molecular formula is C19H25N3O3S. The highest BCUT2D eigenvalue weighted by Crippen LogP contribution is 2.16. The number of ether oxygens (including phenoxy) is 1. The van der Waals surface area contributed by atoms with Crippen molar-refractivity contribution in [1.82, 2.24) is 15.5 Å². The van der Waals surface area contributed by atoms with E-state index in [0.717, 1.165) is 21.8 Å². The smallest absolute Gasteiger partial charge is 0.321 e. The largest absolute Gasteiger partial charge is 0.492 e. The van der Waals surface area contributed by atoms with Crippen molar-refractivity contribution in [2.24, 2.45) is 0 Å². The molecule has 0 saturated heterocycles. The number of likely N-dealkylation sites (N-methyl/N-ethyl adjacent to an activating group) is 1. The summed E-state index contributed by atoms with van der Waals surface area (Å²) in [6.07, 6.45) is 0. The van der Waals surface area contributed by atoms with Gasteiger partial charge in [-0.25, -0.2) is 4.79 Å². The molecule has 140 valence electrons. The number of amides is 3. The molecule has 0 radical (unpaired) electrons. The third-order valence-corrected chi connectivity index (χ3v) is 4.48. The van der Waals surface area contributed by atoms with Crippen LogP contribution in [0.1, 0.15) is 16.0 Å². The lowest BCUT2D eigenvalue weighted by Gasteiger charge is -2.16. The fourth-order valence-electron chi connectivity index (χ4n) is 2.45. The number of nitrogens with zero attached hydrogens (tertiary/aromatic N) is 1. The summed E-state index contributed by atoms with van der Waals surface area (Å²) >= 11 is 1.55. The Labute approximate surface area is 158 Å².